The molecule has 3 rings (SSSR count). The highest BCUT2D eigenvalue weighted by Crippen LogP contribution is 2.26. The summed E-state index contributed by atoms with van der Waals surface area (Å²) in [4.78, 5) is 29.3. The Kier molecular flexibility index (Phi) is 6.00. The van der Waals surface area contributed by atoms with Gasteiger partial charge in [-0.05, 0) is 38.0 Å². The van der Waals surface area contributed by atoms with E-state index in [1.54, 1.807) is 12.1 Å². The molecule has 0 spiro atoms. The second-order valence-electron chi connectivity index (χ2n) is 7.79. The van der Waals surface area contributed by atoms with Crippen LogP contribution in [0.1, 0.15) is 18.9 Å². The molecule has 0 fully saturated rings. The van der Waals surface area contributed by atoms with Gasteiger partial charge in [-0.25, -0.2) is 17.8 Å². The van der Waals surface area contributed by atoms with Gasteiger partial charge in [0.15, 0.2) is 9.84 Å². The van der Waals surface area contributed by atoms with Crippen LogP contribution < -0.4 is 10.9 Å². The minimum atomic E-state index is -3.76. The standard InChI is InChI=1S/C22H24FN3O4S/c1-14-5-7-15(8-6-14)16-12-19-17(11-18(16)23)20(27)26(13-25-19)10-9-22(2,21(28)24-3)31(4,29)30/h5-8,11-13H,9-10H2,1-4H3,(H,24,28)/t22-/m1/s1. The Morgan fingerprint density at radius 2 is 1.87 bits per heavy atom. The summed E-state index contributed by atoms with van der Waals surface area (Å²) in [5.74, 6) is -1.22. The summed E-state index contributed by atoms with van der Waals surface area (Å²) in [5.41, 5.74) is 1.87. The molecule has 1 N–H and O–H groups in total. The second-order valence-corrected chi connectivity index (χ2v) is 10.2. The fraction of sp³-hybridized carbons (Fsp3) is 0.318. The van der Waals surface area contributed by atoms with Crippen LogP contribution in [0.5, 0.6) is 0 Å². The van der Waals surface area contributed by atoms with Crippen LogP contribution in [-0.2, 0) is 21.2 Å². The molecule has 1 aromatic heterocycles. The molecule has 31 heavy (non-hydrogen) atoms. The molecule has 0 aliphatic rings. The zero-order valence-corrected chi connectivity index (χ0v) is 18.6. The first-order valence-electron chi connectivity index (χ1n) is 9.65. The molecule has 0 saturated carbocycles. The summed E-state index contributed by atoms with van der Waals surface area (Å²) in [6, 6.07) is 10.00. The summed E-state index contributed by atoms with van der Waals surface area (Å²) in [7, 11) is -2.40. The van der Waals surface area contributed by atoms with Crippen LogP contribution in [-0.4, -0.2) is 41.9 Å². The maximum atomic E-state index is 14.8. The Morgan fingerprint density at radius 3 is 2.45 bits per heavy atom. The van der Waals surface area contributed by atoms with E-state index in [0.29, 0.717) is 16.6 Å². The molecule has 0 bridgehead atoms. The lowest BCUT2D eigenvalue weighted by Gasteiger charge is -2.25. The summed E-state index contributed by atoms with van der Waals surface area (Å²) >= 11 is 0. The van der Waals surface area contributed by atoms with Gasteiger partial charge in [-0.2, -0.15) is 0 Å². The number of benzene rings is 2. The van der Waals surface area contributed by atoms with Crippen LogP contribution in [0.2, 0.25) is 0 Å². The van der Waals surface area contributed by atoms with Crippen molar-refractivity contribution >= 4 is 26.6 Å². The molecule has 0 unspecified atom stereocenters. The first-order valence-corrected chi connectivity index (χ1v) is 11.5. The molecule has 1 heterocycles. The van der Waals surface area contributed by atoms with Crippen LogP contribution >= 0.6 is 0 Å². The van der Waals surface area contributed by atoms with Gasteiger partial charge in [0.25, 0.3) is 5.56 Å². The van der Waals surface area contributed by atoms with Crippen molar-refractivity contribution in [3.05, 3.63) is 64.5 Å². The molecule has 7 nitrogen and oxygen atoms in total. The highest BCUT2D eigenvalue weighted by atomic mass is 32.2. The Morgan fingerprint density at radius 1 is 1.23 bits per heavy atom. The summed E-state index contributed by atoms with van der Waals surface area (Å²) in [6.07, 6.45) is 2.13. The van der Waals surface area contributed by atoms with E-state index in [0.717, 1.165) is 17.9 Å². The van der Waals surface area contributed by atoms with Crippen molar-refractivity contribution in [2.24, 2.45) is 0 Å². The SMILES string of the molecule is CNC(=O)[C@@](C)(CCn1cnc2cc(-c3ccc(C)cc3)c(F)cc2c1=O)S(C)(=O)=O. The van der Waals surface area contributed by atoms with Gasteiger partial charge in [0, 0.05) is 25.4 Å². The van der Waals surface area contributed by atoms with E-state index >= 15 is 0 Å². The smallest absolute Gasteiger partial charge is 0.261 e. The van der Waals surface area contributed by atoms with Gasteiger partial charge < -0.3 is 5.32 Å². The number of amides is 1. The Bertz CT molecular complexity index is 1320. The van der Waals surface area contributed by atoms with Gasteiger partial charge in [0.05, 0.1) is 17.2 Å². The lowest BCUT2D eigenvalue weighted by Crippen LogP contribution is -2.49. The van der Waals surface area contributed by atoms with Crippen LogP contribution in [0.15, 0.2) is 47.5 Å². The van der Waals surface area contributed by atoms with Crippen molar-refractivity contribution in [1.29, 1.82) is 0 Å². The fourth-order valence-electron chi connectivity index (χ4n) is 3.36. The number of nitrogens with one attached hydrogen (secondary N) is 1. The third-order valence-corrected chi connectivity index (χ3v) is 7.66. The monoisotopic (exact) mass is 445 g/mol. The minimum absolute atomic E-state index is 0.0693. The zero-order chi connectivity index (χ0) is 23.0. The van der Waals surface area contributed by atoms with E-state index in [-0.39, 0.29) is 18.4 Å². The maximum absolute atomic E-state index is 14.8. The third-order valence-electron chi connectivity index (χ3n) is 5.63. The van der Waals surface area contributed by atoms with E-state index in [1.807, 2.05) is 19.1 Å². The molecular formula is C22H24FN3O4S. The van der Waals surface area contributed by atoms with Gasteiger partial charge in [-0.15, -0.1) is 0 Å². The zero-order valence-electron chi connectivity index (χ0n) is 17.8. The van der Waals surface area contributed by atoms with Gasteiger partial charge in [0.2, 0.25) is 5.91 Å². The van der Waals surface area contributed by atoms with E-state index in [1.165, 1.54) is 30.9 Å². The van der Waals surface area contributed by atoms with E-state index in [2.05, 4.69) is 10.3 Å². The van der Waals surface area contributed by atoms with Crippen molar-refractivity contribution in [1.82, 2.24) is 14.9 Å². The number of rotatable bonds is 6. The molecule has 2 aromatic carbocycles. The van der Waals surface area contributed by atoms with E-state index in [9.17, 15) is 22.4 Å². The highest BCUT2D eigenvalue weighted by molar-refractivity contribution is 7.92. The molecule has 1 amide bonds. The molecule has 0 aliphatic heterocycles. The first-order chi connectivity index (χ1) is 14.5. The number of hydrogen-bond donors (Lipinski definition) is 1. The van der Waals surface area contributed by atoms with Crippen LogP contribution in [0.4, 0.5) is 4.39 Å². The topological polar surface area (TPSA) is 98.1 Å². The largest absolute Gasteiger partial charge is 0.358 e. The molecule has 9 heteroatoms. The Balaban J connectivity index is 2.00. The Labute approximate surface area is 179 Å². The van der Waals surface area contributed by atoms with Crippen molar-refractivity contribution in [3.63, 3.8) is 0 Å². The Hall–Kier alpha value is -3.07. The number of carbonyl (C=O) groups is 1. The highest BCUT2D eigenvalue weighted by Gasteiger charge is 2.42. The minimum Gasteiger partial charge on any atom is -0.358 e. The van der Waals surface area contributed by atoms with Crippen molar-refractivity contribution in [2.75, 3.05) is 13.3 Å². The molecular weight excluding hydrogens is 421 g/mol. The number of aromatic nitrogens is 2. The molecule has 0 radical (unpaired) electrons. The van der Waals surface area contributed by atoms with E-state index in [4.69, 9.17) is 0 Å². The van der Waals surface area contributed by atoms with Crippen LogP contribution in [0.3, 0.4) is 0 Å². The number of nitrogens with zero attached hydrogens (tertiary/aromatic N) is 2. The molecule has 164 valence electrons. The van der Waals surface area contributed by atoms with Crippen molar-refractivity contribution in [2.45, 2.75) is 31.6 Å². The van der Waals surface area contributed by atoms with Gasteiger partial charge >= 0.3 is 0 Å². The summed E-state index contributed by atoms with van der Waals surface area (Å²) in [6.45, 7) is 3.18. The summed E-state index contributed by atoms with van der Waals surface area (Å²) in [5, 5.41) is 2.44. The van der Waals surface area contributed by atoms with Gasteiger partial charge in [0.1, 0.15) is 10.6 Å². The number of fused-ring (bicyclic) bond motifs is 1. The average molecular weight is 446 g/mol. The quantitative estimate of drug-likeness (QED) is 0.629. The number of halogens is 1. The first kappa shape index (κ1) is 22.6. The number of aryl methyl sites for hydroxylation is 2. The third kappa shape index (κ3) is 4.23. The molecule has 0 aliphatic carbocycles. The van der Waals surface area contributed by atoms with Gasteiger partial charge in [-0.1, -0.05) is 29.8 Å². The van der Waals surface area contributed by atoms with Crippen LogP contribution in [0, 0.1) is 12.7 Å². The van der Waals surface area contributed by atoms with Gasteiger partial charge in [-0.3, -0.25) is 14.2 Å². The van der Waals surface area contributed by atoms with Crippen molar-refractivity contribution in [3.8, 4) is 11.1 Å². The fourth-order valence-corrected chi connectivity index (χ4v) is 4.26. The predicted molar refractivity (Wildman–Crippen MR) is 118 cm³/mol. The number of hydrogen-bond acceptors (Lipinski definition) is 5. The number of sulfone groups is 1. The lowest BCUT2D eigenvalue weighted by molar-refractivity contribution is -0.123. The van der Waals surface area contributed by atoms with Crippen LogP contribution in [0.25, 0.3) is 22.0 Å². The second kappa shape index (κ2) is 8.22. The molecule has 0 saturated heterocycles. The number of carbonyl (C=O) groups excluding carboxylic acids is 1. The average Bonchev–Trinajstić information content (AvgIpc) is 2.72. The van der Waals surface area contributed by atoms with Crippen molar-refractivity contribution < 1.29 is 17.6 Å². The lowest BCUT2D eigenvalue weighted by atomic mass is 10.0. The maximum Gasteiger partial charge on any atom is 0.261 e. The van der Waals surface area contributed by atoms with E-state index < -0.39 is 31.9 Å². The molecule has 3 aromatic rings. The molecule has 1 atom stereocenters. The summed E-state index contributed by atoms with van der Waals surface area (Å²) < 4.78 is 38.7. The predicted octanol–water partition coefficient (Wildman–Crippen LogP) is 2.45. The normalized spacial score (nSPS) is 13.7.